The Morgan fingerprint density at radius 1 is 1.08 bits per heavy atom. The molecule has 1 amide bonds. The third-order valence-electron chi connectivity index (χ3n) is 4.53. The van der Waals surface area contributed by atoms with E-state index in [0.717, 1.165) is 49.6 Å². The maximum Gasteiger partial charge on any atom is 0.255 e. The lowest BCUT2D eigenvalue weighted by molar-refractivity contribution is 0.0761. The normalized spacial score (nSPS) is 14.8. The summed E-state index contributed by atoms with van der Waals surface area (Å²) in [6.07, 6.45) is 8.94. The molecule has 2 heterocycles. The molecule has 0 radical (unpaired) electrons. The number of anilines is 1. The zero-order valence-corrected chi connectivity index (χ0v) is 15.1. The van der Waals surface area contributed by atoms with E-state index in [-0.39, 0.29) is 5.91 Å². The van der Waals surface area contributed by atoms with E-state index in [4.69, 9.17) is 11.6 Å². The van der Waals surface area contributed by atoms with E-state index < -0.39 is 0 Å². The summed E-state index contributed by atoms with van der Waals surface area (Å²) in [5.74, 6) is 0.0933. The summed E-state index contributed by atoms with van der Waals surface area (Å²) in [4.78, 5) is 18.9. The zero-order valence-electron chi connectivity index (χ0n) is 14.4. The van der Waals surface area contributed by atoms with Gasteiger partial charge in [0.05, 0.1) is 11.3 Å². The number of nitrogens with zero attached hydrogens (tertiary/aromatic N) is 2. The standard InChI is InChI=1S/C20H24ClN3O/c21-18-7-5-16(6-8-18)9-10-23-19-13-17(14-22-15-19)20(25)24-11-3-1-2-4-12-24/h5-8,13-15,23H,1-4,9-12H2. The van der Waals surface area contributed by atoms with Crippen LogP contribution < -0.4 is 5.32 Å². The number of rotatable bonds is 5. The van der Waals surface area contributed by atoms with Crippen LogP contribution in [0.2, 0.25) is 5.02 Å². The summed E-state index contributed by atoms with van der Waals surface area (Å²) in [5, 5.41) is 4.10. The number of carbonyl (C=O) groups is 1. The van der Waals surface area contributed by atoms with Gasteiger partial charge in [0.25, 0.3) is 5.91 Å². The van der Waals surface area contributed by atoms with E-state index in [0.29, 0.717) is 5.56 Å². The Bertz CT molecular complexity index is 694. The molecular formula is C20H24ClN3O. The number of benzene rings is 1. The summed E-state index contributed by atoms with van der Waals surface area (Å²) in [6.45, 7) is 2.49. The van der Waals surface area contributed by atoms with Crippen LogP contribution in [-0.2, 0) is 6.42 Å². The third kappa shape index (κ3) is 5.20. The lowest BCUT2D eigenvalue weighted by atomic mass is 10.1. The SMILES string of the molecule is O=C(c1cncc(NCCc2ccc(Cl)cc2)c1)N1CCCCCC1. The van der Waals surface area contributed by atoms with Crippen LogP contribution in [0.3, 0.4) is 0 Å². The van der Waals surface area contributed by atoms with Crippen LogP contribution in [-0.4, -0.2) is 35.4 Å². The van der Waals surface area contributed by atoms with Crippen LogP contribution in [0, 0.1) is 0 Å². The summed E-state index contributed by atoms with van der Waals surface area (Å²) in [5.41, 5.74) is 2.77. The number of amides is 1. The Morgan fingerprint density at radius 2 is 1.80 bits per heavy atom. The second kappa shape index (κ2) is 8.86. The molecule has 0 saturated carbocycles. The van der Waals surface area contributed by atoms with Gasteiger partial charge in [-0.15, -0.1) is 0 Å². The van der Waals surface area contributed by atoms with E-state index in [1.165, 1.54) is 18.4 Å². The maximum atomic E-state index is 12.7. The number of hydrogen-bond acceptors (Lipinski definition) is 3. The third-order valence-corrected chi connectivity index (χ3v) is 4.79. The first-order valence-electron chi connectivity index (χ1n) is 8.95. The molecule has 2 aromatic rings. The number of halogens is 1. The van der Waals surface area contributed by atoms with Crippen molar-refractivity contribution in [2.45, 2.75) is 32.1 Å². The zero-order chi connectivity index (χ0) is 17.5. The molecule has 5 heteroatoms. The average molecular weight is 358 g/mol. The van der Waals surface area contributed by atoms with Crippen molar-refractivity contribution in [3.05, 3.63) is 58.9 Å². The second-order valence-corrected chi connectivity index (χ2v) is 6.91. The first-order chi connectivity index (χ1) is 12.2. The molecule has 1 aliphatic heterocycles. The minimum absolute atomic E-state index is 0.0933. The molecular weight excluding hydrogens is 334 g/mol. The van der Waals surface area contributed by atoms with Crippen molar-refractivity contribution in [2.24, 2.45) is 0 Å². The fourth-order valence-electron chi connectivity index (χ4n) is 3.11. The van der Waals surface area contributed by atoms with E-state index in [9.17, 15) is 4.79 Å². The van der Waals surface area contributed by atoms with Crippen LogP contribution in [0.1, 0.15) is 41.6 Å². The van der Waals surface area contributed by atoms with Crippen molar-refractivity contribution in [2.75, 3.05) is 25.0 Å². The molecule has 0 spiro atoms. The highest BCUT2D eigenvalue weighted by molar-refractivity contribution is 6.30. The fraction of sp³-hybridized carbons (Fsp3) is 0.400. The van der Waals surface area contributed by atoms with Crippen LogP contribution in [0.15, 0.2) is 42.7 Å². The van der Waals surface area contributed by atoms with Gasteiger partial charge in [0.1, 0.15) is 0 Å². The largest absolute Gasteiger partial charge is 0.383 e. The van der Waals surface area contributed by atoms with Gasteiger partial charge in [0.15, 0.2) is 0 Å². The van der Waals surface area contributed by atoms with Gasteiger partial charge in [-0.25, -0.2) is 0 Å². The maximum absolute atomic E-state index is 12.7. The highest BCUT2D eigenvalue weighted by Gasteiger charge is 2.17. The van der Waals surface area contributed by atoms with Gasteiger partial charge in [-0.2, -0.15) is 0 Å². The molecule has 1 aliphatic rings. The smallest absolute Gasteiger partial charge is 0.255 e. The van der Waals surface area contributed by atoms with Gasteiger partial charge in [0, 0.05) is 37.1 Å². The molecule has 1 N–H and O–H groups in total. The molecule has 3 rings (SSSR count). The molecule has 1 fully saturated rings. The molecule has 0 bridgehead atoms. The topological polar surface area (TPSA) is 45.2 Å². The van der Waals surface area contributed by atoms with E-state index in [2.05, 4.69) is 10.3 Å². The van der Waals surface area contributed by atoms with Gasteiger partial charge in [0.2, 0.25) is 0 Å². The second-order valence-electron chi connectivity index (χ2n) is 6.47. The van der Waals surface area contributed by atoms with Crippen molar-refractivity contribution in [3.63, 3.8) is 0 Å². The van der Waals surface area contributed by atoms with Crippen LogP contribution >= 0.6 is 11.6 Å². The molecule has 0 atom stereocenters. The van der Waals surface area contributed by atoms with Crippen molar-refractivity contribution in [1.82, 2.24) is 9.88 Å². The summed E-state index contributed by atoms with van der Waals surface area (Å²) < 4.78 is 0. The van der Waals surface area contributed by atoms with Gasteiger partial charge in [-0.05, 0) is 43.0 Å². The Balaban J connectivity index is 1.57. The van der Waals surface area contributed by atoms with Crippen molar-refractivity contribution in [1.29, 1.82) is 0 Å². The quantitative estimate of drug-likeness (QED) is 0.862. The van der Waals surface area contributed by atoms with Crippen LogP contribution in [0.4, 0.5) is 5.69 Å². The summed E-state index contributed by atoms with van der Waals surface area (Å²) in [6, 6.07) is 9.77. The molecule has 0 aliphatic carbocycles. The first kappa shape index (κ1) is 17.7. The number of nitrogens with one attached hydrogen (secondary N) is 1. The average Bonchev–Trinajstić information content (AvgIpc) is 2.92. The fourth-order valence-corrected chi connectivity index (χ4v) is 3.24. The summed E-state index contributed by atoms with van der Waals surface area (Å²) in [7, 11) is 0. The van der Waals surface area contributed by atoms with Crippen molar-refractivity contribution >= 4 is 23.2 Å². The monoisotopic (exact) mass is 357 g/mol. The molecule has 1 saturated heterocycles. The minimum atomic E-state index is 0.0933. The first-order valence-corrected chi connectivity index (χ1v) is 9.33. The number of pyridine rings is 1. The van der Waals surface area contributed by atoms with Gasteiger partial charge in [-0.3, -0.25) is 9.78 Å². The number of aromatic nitrogens is 1. The highest BCUT2D eigenvalue weighted by Crippen LogP contribution is 2.16. The highest BCUT2D eigenvalue weighted by atomic mass is 35.5. The van der Waals surface area contributed by atoms with Gasteiger partial charge in [-0.1, -0.05) is 36.6 Å². The Labute approximate surface area is 154 Å². The van der Waals surface area contributed by atoms with E-state index in [1.54, 1.807) is 12.4 Å². The molecule has 1 aromatic heterocycles. The summed E-state index contributed by atoms with van der Waals surface area (Å²) >= 11 is 5.90. The minimum Gasteiger partial charge on any atom is -0.383 e. The Kier molecular flexibility index (Phi) is 6.29. The van der Waals surface area contributed by atoms with Crippen LogP contribution in [0.25, 0.3) is 0 Å². The van der Waals surface area contributed by atoms with Crippen molar-refractivity contribution in [3.8, 4) is 0 Å². The molecule has 0 unspecified atom stereocenters. The van der Waals surface area contributed by atoms with E-state index in [1.807, 2.05) is 35.2 Å². The predicted octanol–water partition coefficient (Wildman–Crippen LogP) is 4.41. The lowest BCUT2D eigenvalue weighted by Gasteiger charge is -2.20. The predicted molar refractivity (Wildman–Crippen MR) is 102 cm³/mol. The van der Waals surface area contributed by atoms with E-state index >= 15 is 0 Å². The van der Waals surface area contributed by atoms with Crippen molar-refractivity contribution < 1.29 is 4.79 Å². The number of likely N-dealkylation sites (tertiary alicyclic amines) is 1. The Hall–Kier alpha value is -2.07. The Morgan fingerprint density at radius 3 is 2.52 bits per heavy atom. The lowest BCUT2D eigenvalue weighted by Crippen LogP contribution is -2.31. The number of hydrogen-bond donors (Lipinski definition) is 1. The van der Waals surface area contributed by atoms with Gasteiger partial charge < -0.3 is 10.2 Å². The number of carbonyl (C=O) groups excluding carboxylic acids is 1. The van der Waals surface area contributed by atoms with Gasteiger partial charge >= 0.3 is 0 Å². The molecule has 4 nitrogen and oxygen atoms in total. The molecule has 25 heavy (non-hydrogen) atoms. The van der Waals surface area contributed by atoms with Crippen LogP contribution in [0.5, 0.6) is 0 Å². The molecule has 1 aromatic carbocycles. The molecule has 132 valence electrons.